The Kier molecular flexibility index (Phi) is 8.01. The summed E-state index contributed by atoms with van der Waals surface area (Å²) in [4.78, 5) is 15.3. The first-order valence-corrected chi connectivity index (χ1v) is 13.3. The second-order valence-electron chi connectivity index (χ2n) is 10.3. The molecule has 2 atom stereocenters. The van der Waals surface area contributed by atoms with Crippen LogP contribution in [0.25, 0.3) is 11.3 Å². The van der Waals surface area contributed by atoms with Crippen LogP contribution in [0.15, 0.2) is 65.2 Å². The Bertz CT molecular complexity index is 1100. The van der Waals surface area contributed by atoms with Crippen LogP contribution < -0.4 is 10.1 Å². The molecule has 2 aliphatic heterocycles. The second kappa shape index (κ2) is 11.7. The number of rotatable bonds is 8. The number of hydrogen-bond donors (Lipinski definition) is 1. The molecule has 36 heavy (non-hydrogen) atoms. The molecule has 1 aromatic heterocycles. The highest BCUT2D eigenvalue weighted by Crippen LogP contribution is 2.30. The summed E-state index contributed by atoms with van der Waals surface area (Å²) in [5.41, 5.74) is 3.34. The molecule has 0 unspecified atom stereocenters. The summed E-state index contributed by atoms with van der Waals surface area (Å²) in [6, 6.07) is 20.6. The highest BCUT2D eigenvalue weighted by molar-refractivity contribution is 5.76. The van der Waals surface area contributed by atoms with Crippen LogP contribution in [0.5, 0.6) is 5.75 Å². The zero-order chi connectivity index (χ0) is 24.7. The van der Waals surface area contributed by atoms with E-state index in [2.05, 4.69) is 45.7 Å². The lowest BCUT2D eigenvalue weighted by molar-refractivity contribution is -0.134. The van der Waals surface area contributed by atoms with Crippen LogP contribution in [0.3, 0.4) is 0 Å². The fourth-order valence-corrected chi connectivity index (χ4v) is 5.74. The molecule has 2 aliphatic rings. The van der Waals surface area contributed by atoms with Crippen molar-refractivity contribution in [3.05, 3.63) is 71.9 Å². The molecule has 2 fully saturated rings. The van der Waals surface area contributed by atoms with E-state index in [-0.39, 0.29) is 0 Å². The molecule has 3 heterocycles. The lowest BCUT2D eigenvalue weighted by Gasteiger charge is -2.36. The van der Waals surface area contributed by atoms with Gasteiger partial charge in [-0.2, -0.15) is 0 Å². The largest absolute Gasteiger partial charge is 0.497 e. The number of carbonyl (C=O) groups excluding carboxylic acids is 1. The van der Waals surface area contributed by atoms with Crippen LogP contribution in [0.2, 0.25) is 0 Å². The van der Waals surface area contributed by atoms with Gasteiger partial charge in [0.1, 0.15) is 5.75 Å². The van der Waals surface area contributed by atoms with Gasteiger partial charge < -0.3 is 19.5 Å². The molecule has 190 valence electrons. The summed E-state index contributed by atoms with van der Waals surface area (Å²) in [6.07, 6.45) is 5.81. The van der Waals surface area contributed by atoms with Crippen LogP contribution in [-0.4, -0.2) is 49.3 Å². The SMILES string of the molecule is COc1ccc(-c2cc(C[C@H]3CNCC[C@H]3CC(=O)N3CCC(Cc4ccccc4)CC3)no2)cc1. The zero-order valence-electron chi connectivity index (χ0n) is 21.2. The van der Waals surface area contributed by atoms with E-state index >= 15 is 0 Å². The maximum absolute atomic E-state index is 13.2. The molecule has 2 aromatic carbocycles. The van der Waals surface area contributed by atoms with Crippen molar-refractivity contribution >= 4 is 5.91 Å². The fourth-order valence-electron chi connectivity index (χ4n) is 5.74. The van der Waals surface area contributed by atoms with Crippen molar-refractivity contribution in [2.24, 2.45) is 17.8 Å². The number of benzene rings is 2. The number of carbonyl (C=O) groups is 1. The minimum Gasteiger partial charge on any atom is -0.497 e. The van der Waals surface area contributed by atoms with Crippen LogP contribution in [0.1, 0.15) is 36.9 Å². The summed E-state index contributed by atoms with van der Waals surface area (Å²) < 4.78 is 10.9. The molecule has 2 saturated heterocycles. The number of methoxy groups -OCH3 is 1. The third-order valence-corrected chi connectivity index (χ3v) is 7.94. The average Bonchev–Trinajstić information content (AvgIpc) is 3.39. The molecule has 0 bridgehead atoms. The summed E-state index contributed by atoms with van der Waals surface area (Å²) in [5, 5.41) is 7.87. The first-order valence-electron chi connectivity index (χ1n) is 13.3. The maximum Gasteiger partial charge on any atom is 0.222 e. The Labute approximate surface area is 214 Å². The number of ether oxygens (including phenoxy) is 1. The van der Waals surface area contributed by atoms with E-state index in [1.54, 1.807) is 7.11 Å². The van der Waals surface area contributed by atoms with Gasteiger partial charge in [0.15, 0.2) is 5.76 Å². The van der Waals surface area contributed by atoms with Crippen molar-refractivity contribution in [2.45, 2.75) is 38.5 Å². The van der Waals surface area contributed by atoms with Gasteiger partial charge in [-0.15, -0.1) is 0 Å². The smallest absolute Gasteiger partial charge is 0.222 e. The first kappa shape index (κ1) is 24.6. The van der Waals surface area contributed by atoms with Crippen molar-refractivity contribution in [2.75, 3.05) is 33.3 Å². The topological polar surface area (TPSA) is 67.6 Å². The van der Waals surface area contributed by atoms with Gasteiger partial charge in [0.05, 0.1) is 12.8 Å². The minimum absolute atomic E-state index is 0.323. The van der Waals surface area contributed by atoms with Crippen molar-refractivity contribution in [1.82, 2.24) is 15.4 Å². The van der Waals surface area contributed by atoms with Gasteiger partial charge in [-0.25, -0.2) is 0 Å². The number of piperidine rings is 2. The molecule has 0 aliphatic carbocycles. The standard InChI is InChI=1S/C30H37N3O3/c1-35-28-9-7-24(8-10-28)29-20-27(32-36-29)18-26-21-31-14-11-25(26)19-30(34)33-15-12-23(13-16-33)17-22-5-3-2-4-6-22/h2-10,20,23,25-26,31H,11-19,21H2,1H3/t25-,26-/m0/s1. The average molecular weight is 488 g/mol. The minimum atomic E-state index is 0.323. The predicted octanol–water partition coefficient (Wildman–Crippen LogP) is 4.99. The highest BCUT2D eigenvalue weighted by atomic mass is 16.5. The van der Waals surface area contributed by atoms with Crippen LogP contribution in [0.4, 0.5) is 0 Å². The van der Waals surface area contributed by atoms with Crippen molar-refractivity contribution in [3.8, 4) is 17.1 Å². The molecule has 0 spiro atoms. The lowest BCUT2D eigenvalue weighted by atomic mass is 9.80. The van der Waals surface area contributed by atoms with Gasteiger partial charge in [-0.05, 0) is 92.8 Å². The number of aromatic nitrogens is 1. The molecule has 0 radical (unpaired) electrons. The molecule has 1 N–H and O–H groups in total. The summed E-state index contributed by atoms with van der Waals surface area (Å²) in [7, 11) is 1.66. The van der Waals surface area contributed by atoms with E-state index in [1.807, 2.05) is 30.3 Å². The highest BCUT2D eigenvalue weighted by Gasteiger charge is 2.31. The molecular formula is C30H37N3O3. The first-order chi connectivity index (χ1) is 17.7. The summed E-state index contributed by atoms with van der Waals surface area (Å²) in [6.45, 7) is 3.67. The van der Waals surface area contributed by atoms with Crippen molar-refractivity contribution < 1.29 is 14.1 Å². The predicted molar refractivity (Wildman–Crippen MR) is 141 cm³/mol. The van der Waals surface area contributed by atoms with Gasteiger partial charge in [-0.3, -0.25) is 4.79 Å². The van der Waals surface area contributed by atoms with Gasteiger partial charge >= 0.3 is 0 Å². The Hall–Kier alpha value is -3.12. The second-order valence-corrected chi connectivity index (χ2v) is 10.3. The summed E-state index contributed by atoms with van der Waals surface area (Å²) in [5.74, 6) is 3.34. The Morgan fingerprint density at radius 3 is 2.56 bits per heavy atom. The Morgan fingerprint density at radius 2 is 1.81 bits per heavy atom. The Balaban J connectivity index is 1.14. The number of hydrogen-bond acceptors (Lipinski definition) is 5. The molecule has 3 aromatic rings. The van der Waals surface area contributed by atoms with E-state index in [9.17, 15) is 4.79 Å². The van der Waals surface area contributed by atoms with Crippen LogP contribution in [0, 0.1) is 17.8 Å². The summed E-state index contributed by atoms with van der Waals surface area (Å²) >= 11 is 0. The van der Waals surface area contributed by atoms with E-state index in [0.29, 0.717) is 30.1 Å². The number of nitrogens with zero attached hydrogens (tertiary/aromatic N) is 2. The molecule has 6 heteroatoms. The normalized spacial score (nSPS) is 20.9. The molecular weight excluding hydrogens is 450 g/mol. The van der Waals surface area contributed by atoms with E-state index in [0.717, 1.165) is 81.1 Å². The molecule has 1 amide bonds. The lowest BCUT2D eigenvalue weighted by Crippen LogP contribution is -2.43. The van der Waals surface area contributed by atoms with Crippen molar-refractivity contribution in [1.29, 1.82) is 0 Å². The molecule has 6 nitrogen and oxygen atoms in total. The number of nitrogens with one attached hydrogen (secondary N) is 1. The van der Waals surface area contributed by atoms with E-state index in [1.165, 1.54) is 5.56 Å². The van der Waals surface area contributed by atoms with Gasteiger partial charge in [0.25, 0.3) is 0 Å². The number of likely N-dealkylation sites (tertiary alicyclic amines) is 1. The van der Waals surface area contributed by atoms with Gasteiger partial charge in [0, 0.05) is 31.1 Å². The monoisotopic (exact) mass is 487 g/mol. The third kappa shape index (κ3) is 6.16. The maximum atomic E-state index is 13.2. The molecule has 5 rings (SSSR count). The van der Waals surface area contributed by atoms with E-state index in [4.69, 9.17) is 9.26 Å². The number of amides is 1. The Morgan fingerprint density at radius 1 is 1.03 bits per heavy atom. The molecule has 0 saturated carbocycles. The van der Waals surface area contributed by atoms with E-state index < -0.39 is 0 Å². The zero-order valence-corrected chi connectivity index (χ0v) is 21.2. The van der Waals surface area contributed by atoms with Crippen LogP contribution >= 0.6 is 0 Å². The third-order valence-electron chi connectivity index (χ3n) is 7.94. The van der Waals surface area contributed by atoms with Gasteiger partial charge in [-0.1, -0.05) is 35.5 Å². The van der Waals surface area contributed by atoms with Gasteiger partial charge in [0.2, 0.25) is 5.91 Å². The quantitative estimate of drug-likeness (QED) is 0.485. The fraction of sp³-hybridized carbons (Fsp3) is 0.467. The van der Waals surface area contributed by atoms with Crippen LogP contribution in [-0.2, 0) is 17.6 Å². The van der Waals surface area contributed by atoms with Crippen molar-refractivity contribution in [3.63, 3.8) is 0 Å².